The molecule has 4 heterocycles. The Labute approximate surface area is 183 Å². The van der Waals surface area contributed by atoms with Gasteiger partial charge in [0.15, 0.2) is 11.6 Å². The molecule has 1 aliphatic heterocycles. The van der Waals surface area contributed by atoms with E-state index < -0.39 is 0 Å². The van der Waals surface area contributed by atoms with E-state index in [4.69, 9.17) is 10.00 Å². The fourth-order valence-electron chi connectivity index (χ4n) is 3.79. The van der Waals surface area contributed by atoms with E-state index in [0.717, 1.165) is 36.8 Å². The van der Waals surface area contributed by atoms with Crippen LogP contribution in [-0.4, -0.2) is 53.6 Å². The summed E-state index contributed by atoms with van der Waals surface area (Å²) in [6, 6.07) is 12.8. The summed E-state index contributed by atoms with van der Waals surface area (Å²) in [5.74, 6) is 2.62. The zero-order chi connectivity index (χ0) is 22.1. The molecule has 1 atom stereocenters. The maximum atomic E-state index is 9.13. The number of benzene rings is 1. The quantitative estimate of drug-likeness (QED) is 0.470. The molecule has 0 saturated carbocycles. The maximum absolute atomic E-state index is 9.13. The standard InChI is InChI=1S/C21H20N10O/c1-14(19-24-28-31(27-19)17-6-3-5-15(11-17)13-22)29-9-4-10-30-20(25-26-21(29)30)16-7-8-23-18(12-16)32-2/h3,5-8,11-12,14H,4,9-10H2,1-2H3. The molecule has 11 heteroatoms. The number of tetrazole rings is 1. The lowest BCUT2D eigenvalue weighted by Crippen LogP contribution is -2.35. The number of rotatable bonds is 5. The Balaban J connectivity index is 1.44. The van der Waals surface area contributed by atoms with E-state index in [-0.39, 0.29) is 6.04 Å². The Bertz CT molecular complexity index is 1300. The molecule has 11 nitrogen and oxygen atoms in total. The van der Waals surface area contributed by atoms with Crippen molar-refractivity contribution in [2.45, 2.75) is 25.9 Å². The summed E-state index contributed by atoms with van der Waals surface area (Å²) in [6.45, 7) is 3.64. The number of hydrogen-bond acceptors (Lipinski definition) is 9. The smallest absolute Gasteiger partial charge is 0.228 e. The number of anilines is 1. The van der Waals surface area contributed by atoms with Gasteiger partial charge in [-0.25, -0.2) is 4.98 Å². The van der Waals surface area contributed by atoms with Crippen LogP contribution in [0.15, 0.2) is 42.6 Å². The van der Waals surface area contributed by atoms with Crippen molar-refractivity contribution in [3.05, 3.63) is 54.0 Å². The summed E-state index contributed by atoms with van der Waals surface area (Å²) in [5.41, 5.74) is 2.12. The molecule has 0 N–H and O–H groups in total. The normalized spacial score (nSPS) is 14.0. The summed E-state index contributed by atoms with van der Waals surface area (Å²) in [6.07, 6.45) is 2.63. The number of ether oxygens (including phenoxy) is 1. The molecule has 1 aromatic carbocycles. The SMILES string of the molecule is COc1cc(-c2nnc3n2CCCN3C(C)c2nnn(-c3cccc(C#N)c3)n2)ccn1. The average molecular weight is 428 g/mol. The van der Waals surface area contributed by atoms with Gasteiger partial charge in [-0.15, -0.1) is 25.2 Å². The lowest BCUT2D eigenvalue weighted by molar-refractivity contribution is 0.398. The Morgan fingerprint density at radius 1 is 1.12 bits per heavy atom. The molecule has 0 radical (unpaired) electrons. The summed E-state index contributed by atoms with van der Waals surface area (Å²) >= 11 is 0. The highest BCUT2D eigenvalue weighted by molar-refractivity contribution is 5.59. The van der Waals surface area contributed by atoms with Crippen LogP contribution < -0.4 is 9.64 Å². The number of pyridine rings is 1. The number of methoxy groups -OCH3 is 1. The van der Waals surface area contributed by atoms with Crippen LogP contribution >= 0.6 is 0 Å². The molecular weight excluding hydrogens is 408 g/mol. The van der Waals surface area contributed by atoms with Gasteiger partial charge in [0, 0.05) is 30.9 Å². The lowest BCUT2D eigenvalue weighted by Gasteiger charge is -2.32. The van der Waals surface area contributed by atoms with Gasteiger partial charge in [0.2, 0.25) is 11.8 Å². The average Bonchev–Trinajstić information content (AvgIpc) is 3.51. The molecule has 3 aromatic heterocycles. The third-order valence-electron chi connectivity index (χ3n) is 5.45. The zero-order valence-electron chi connectivity index (χ0n) is 17.6. The molecule has 4 aromatic rings. The molecule has 0 bridgehead atoms. The fourth-order valence-corrected chi connectivity index (χ4v) is 3.79. The highest BCUT2D eigenvalue weighted by atomic mass is 16.5. The third-order valence-corrected chi connectivity index (χ3v) is 5.45. The summed E-state index contributed by atoms with van der Waals surface area (Å²) in [4.78, 5) is 7.74. The molecule has 0 saturated heterocycles. The molecular formula is C21H20N10O. The maximum Gasteiger partial charge on any atom is 0.228 e. The number of nitriles is 1. The van der Waals surface area contributed by atoms with E-state index in [2.05, 4.69) is 46.1 Å². The lowest BCUT2D eigenvalue weighted by atomic mass is 10.2. The van der Waals surface area contributed by atoms with Gasteiger partial charge in [0.1, 0.15) is 0 Å². The first-order valence-electron chi connectivity index (χ1n) is 10.2. The Kier molecular flexibility index (Phi) is 4.95. The van der Waals surface area contributed by atoms with Gasteiger partial charge in [-0.1, -0.05) is 6.07 Å². The minimum Gasteiger partial charge on any atom is -0.481 e. The van der Waals surface area contributed by atoms with Crippen LogP contribution in [0.4, 0.5) is 5.95 Å². The molecule has 0 spiro atoms. The van der Waals surface area contributed by atoms with Crippen LogP contribution in [0.2, 0.25) is 0 Å². The number of aromatic nitrogens is 8. The number of nitrogens with zero attached hydrogens (tertiary/aromatic N) is 10. The highest BCUT2D eigenvalue weighted by Crippen LogP contribution is 2.31. The van der Waals surface area contributed by atoms with Gasteiger partial charge in [0.05, 0.1) is 30.5 Å². The first-order chi connectivity index (χ1) is 15.7. The zero-order valence-corrected chi connectivity index (χ0v) is 17.6. The van der Waals surface area contributed by atoms with Crippen molar-refractivity contribution in [2.24, 2.45) is 0 Å². The topological polar surface area (TPSA) is 123 Å². The Hall–Kier alpha value is -4.33. The van der Waals surface area contributed by atoms with Crippen LogP contribution in [-0.2, 0) is 6.54 Å². The van der Waals surface area contributed by atoms with E-state index in [1.165, 1.54) is 4.80 Å². The molecule has 1 aliphatic rings. The Morgan fingerprint density at radius 2 is 2.03 bits per heavy atom. The summed E-state index contributed by atoms with van der Waals surface area (Å²) < 4.78 is 7.34. The first-order valence-corrected chi connectivity index (χ1v) is 10.2. The Morgan fingerprint density at radius 3 is 2.88 bits per heavy atom. The van der Waals surface area contributed by atoms with Crippen molar-refractivity contribution in [3.63, 3.8) is 0 Å². The second kappa shape index (κ2) is 8.07. The first kappa shape index (κ1) is 19.6. The summed E-state index contributed by atoms with van der Waals surface area (Å²) in [5, 5.41) is 31.0. The van der Waals surface area contributed by atoms with Gasteiger partial charge in [-0.05, 0) is 42.8 Å². The van der Waals surface area contributed by atoms with Crippen LogP contribution in [0, 0.1) is 11.3 Å². The fraction of sp³-hybridized carbons (Fsp3) is 0.286. The van der Waals surface area contributed by atoms with E-state index in [0.29, 0.717) is 23.0 Å². The largest absolute Gasteiger partial charge is 0.481 e. The van der Waals surface area contributed by atoms with E-state index >= 15 is 0 Å². The van der Waals surface area contributed by atoms with Crippen molar-refractivity contribution >= 4 is 5.95 Å². The second-order valence-electron chi connectivity index (χ2n) is 7.38. The van der Waals surface area contributed by atoms with Gasteiger partial charge < -0.3 is 9.64 Å². The van der Waals surface area contributed by atoms with Crippen molar-refractivity contribution in [1.29, 1.82) is 5.26 Å². The summed E-state index contributed by atoms with van der Waals surface area (Å²) in [7, 11) is 1.59. The van der Waals surface area contributed by atoms with Crippen molar-refractivity contribution in [1.82, 2.24) is 40.0 Å². The van der Waals surface area contributed by atoms with E-state index in [9.17, 15) is 0 Å². The van der Waals surface area contributed by atoms with Gasteiger partial charge >= 0.3 is 0 Å². The van der Waals surface area contributed by atoms with Crippen LogP contribution in [0.25, 0.3) is 17.1 Å². The molecule has 0 aliphatic carbocycles. The van der Waals surface area contributed by atoms with Crippen molar-refractivity contribution < 1.29 is 4.74 Å². The molecule has 32 heavy (non-hydrogen) atoms. The molecule has 5 rings (SSSR count). The van der Waals surface area contributed by atoms with Gasteiger partial charge in [-0.2, -0.15) is 5.26 Å². The van der Waals surface area contributed by atoms with E-state index in [1.54, 1.807) is 31.5 Å². The number of fused-ring (bicyclic) bond motifs is 1. The van der Waals surface area contributed by atoms with Crippen LogP contribution in [0.5, 0.6) is 5.88 Å². The minimum atomic E-state index is -0.161. The van der Waals surface area contributed by atoms with E-state index in [1.807, 2.05) is 25.1 Å². The molecule has 1 unspecified atom stereocenters. The highest BCUT2D eigenvalue weighted by Gasteiger charge is 2.29. The minimum absolute atomic E-state index is 0.161. The van der Waals surface area contributed by atoms with Gasteiger partial charge in [0.25, 0.3) is 0 Å². The molecule has 0 amide bonds. The third kappa shape index (κ3) is 3.41. The number of hydrogen-bond donors (Lipinski definition) is 0. The molecule has 160 valence electrons. The van der Waals surface area contributed by atoms with Crippen LogP contribution in [0.1, 0.15) is 30.8 Å². The predicted molar refractivity (Wildman–Crippen MR) is 114 cm³/mol. The predicted octanol–water partition coefficient (Wildman–Crippen LogP) is 2.17. The van der Waals surface area contributed by atoms with Crippen molar-refractivity contribution in [3.8, 4) is 29.0 Å². The van der Waals surface area contributed by atoms with Crippen molar-refractivity contribution in [2.75, 3.05) is 18.6 Å². The van der Waals surface area contributed by atoms with Crippen LogP contribution in [0.3, 0.4) is 0 Å². The van der Waals surface area contributed by atoms with Gasteiger partial charge in [-0.3, -0.25) is 4.57 Å². The second-order valence-corrected chi connectivity index (χ2v) is 7.38. The monoisotopic (exact) mass is 428 g/mol. The molecule has 0 fully saturated rings.